The maximum atomic E-state index is 10.1. The van der Waals surface area contributed by atoms with Crippen molar-refractivity contribution in [3.8, 4) is 34.5 Å². The number of hydrogen-bond donors (Lipinski definition) is 3. The van der Waals surface area contributed by atoms with Crippen LogP contribution in [0.3, 0.4) is 0 Å². The van der Waals surface area contributed by atoms with E-state index < -0.39 is 0 Å². The van der Waals surface area contributed by atoms with Crippen LogP contribution in [0.5, 0.6) is 34.5 Å². The lowest BCUT2D eigenvalue weighted by Gasteiger charge is -2.21. The highest BCUT2D eigenvalue weighted by atomic mass is 127. The predicted octanol–water partition coefficient (Wildman–Crippen LogP) is 6.86. The Hall–Kier alpha value is -3.85. The topological polar surface area (TPSA) is 88.4 Å². The van der Waals surface area contributed by atoms with E-state index in [1.807, 2.05) is 54.6 Å². The molecule has 188 valence electrons. The molecule has 3 N–H and O–H groups in total. The number of halogens is 1. The van der Waals surface area contributed by atoms with Crippen molar-refractivity contribution in [1.29, 1.82) is 0 Å². The fourth-order valence-electron chi connectivity index (χ4n) is 4.60. The SMILES string of the molecule is COc1cc(OC)cc(C2c3cc(/C=C/c4cc(O)cc(O)c4I)ccc3OC2c2ccc(O)cc2)c1. The second-order valence-electron chi connectivity index (χ2n) is 8.75. The van der Waals surface area contributed by atoms with Crippen molar-refractivity contribution in [3.05, 3.63) is 104 Å². The van der Waals surface area contributed by atoms with Gasteiger partial charge in [-0.1, -0.05) is 30.4 Å². The van der Waals surface area contributed by atoms with Crippen molar-refractivity contribution < 1.29 is 29.5 Å². The summed E-state index contributed by atoms with van der Waals surface area (Å²) in [5, 5.41) is 29.8. The summed E-state index contributed by atoms with van der Waals surface area (Å²) in [6.45, 7) is 0. The number of aromatic hydroxyl groups is 3. The third-order valence-electron chi connectivity index (χ3n) is 6.40. The molecule has 4 aromatic rings. The Bertz CT molecular complexity index is 1460. The third-order valence-corrected chi connectivity index (χ3v) is 7.58. The largest absolute Gasteiger partial charge is 0.508 e. The number of ether oxygens (including phenoxy) is 3. The van der Waals surface area contributed by atoms with Crippen LogP contribution in [0.2, 0.25) is 0 Å². The van der Waals surface area contributed by atoms with Crippen LogP contribution in [0, 0.1) is 3.57 Å². The van der Waals surface area contributed by atoms with Crippen molar-refractivity contribution in [2.45, 2.75) is 12.0 Å². The van der Waals surface area contributed by atoms with E-state index in [1.54, 1.807) is 32.4 Å². The molecular formula is C30H25IO6. The molecule has 4 aromatic carbocycles. The van der Waals surface area contributed by atoms with Gasteiger partial charge in [0.25, 0.3) is 0 Å². The summed E-state index contributed by atoms with van der Waals surface area (Å²) in [5.74, 6) is 2.20. The Morgan fingerprint density at radius 1 is 0.757 bits per heavy atom. The van der Waals surface area contributed by atoms with E-state index in [9.17, 15) is 15.3 Å². The van der Waals surface area contributed by atoms with Gasteiger partial charge < -0.3 is 29.5 Å². The maximum Gasteiger partial charge on any atom is 0.135 e. The minimum absolute atomic E-state index is 0.00342. The van der Waals surface area contributed by atoms with Crippen LogP contribution >= 0.6 is 22.6 Å². The minimum Gasteiger partial charge on any atom is -0.508 e. The fraction of sp³-hybridized carbons (Fsp3) is 0.133. The van der Waals surface area contributed by atoms with Gasteiger partial charge in [-0.2, -0.15) is 0 Å². The molecule has 6 nitrogen and oxygen atoms in total. The molecule has 0 aliphatic carbocycles. The maximum absolute atomic E-state index is 10.1. The highest BCUT2D eigenvalue weighted by Crippen LogP contribution is 2.51. The molecule has 7 heteroatoms. The van der Waals surface area contributed by atoms with E-state index in [4.69, 9.17) is 14.2 Å². The summed E-state index contributed by atoms with van der Waals surface area (Å²) in [5.41, 5.74) is 4.56. The van der Waals surface area contributed by atoms with E-state index in [1.165, 1.54) is 6.07 Å². The van der Waals surface area contributed by atoms with Crippen molar-refractivity contribution in [2.75, 3.05) is 14.2 Å². The standard InChI is InChI=1S/C30H25IO6/c1-35-23-13-20(14-24(16-23)36-2)28-25-11-17(3-5-19-12-22(33)15-26(34)29(19)31)4-10-27(25)37-30(28)18-6-8-21(32)9-7-18/h3-16,28,30,32-34H,1-2H3/b5-3+. The van der Waals surface area contributed by atoms with E-state index in [0.29, 0.717) is 20.6 Å². The lowest BCUT2D eigenvalue weighted by molar-refractivity contribution is 0.222. The third kappa shape index (κ3) is 5.04. The second kappa shape index (κ2) is 10.3. The Balaban J connectivity index is 1.59. The average molecular weight is 608 g/mol. The lowest BCUT2D eigenvalue weighted by atomic mass is 9.84. The van der Waals surface area contributed by atoms with Crippen molar-refractivity contribution >= 4 is 34.7 Å². The molecule has 0 aromatic heterocycles. The summed E-state index contributed by atoms with van der Waals surface area (Å²) in [4.78, 5) is 0. The van der Waals surface area contributed by atoms with Crippen LogP contribution < -0.4 is 14.2 Å². The van der Waals surface area contributed by atoms with Crippen LogP contribution in [0.1, 0.15) is 39.8 Å². The van der Waals surface area contributed by atoms with Gasteiger partial charge in [0.1, 0.15) is 40.6 Å². The lowest BCUT2D eigenvalue weighted by Crippen LogP contribution is -2.11. The van der Waals surface area contributed by atoms with Gasteiger partial charge >= 0.3 is 0 Å². The van der Waals surface area contributed by atoms with Crippen LogP contribution in [0.4, 0.5) is 0 Å². The number of fused-ring (bicyclic) bond motifs is 1. The Kier molecular flexibility index (Phi) is 6.88. The van der Waals surface area contributed by atoms with Gasteiger partial charge in [0.05, 0.1) is 23.7 Å². The summed E-state index contributed by atoms with van der Waals surface area (Å²) >= 11 is 2.06. The molecule has 5 rings (SSSR count). The second-order valence-corrected chi connectivity index (χ2v) is 9.83. The summed E-state index contributed by atoms with van der Waals surface area (Å²) in [7, 11) is 3.25. The van der Waals surface area contributed by atoms with Crippen molar-refractivity contribution in [1.82, 2.24) is 0 Å². The first kappa shape index (κ1) is 24.8. The normalized spacial score (nSPS) is 16.4. The number of rotatable bonds is 6. The van der Waals surface area contributed by atoms with E-state index in [0.717, 1.165) is 28.0 Å². The van der Waals surface area contributed by atoms with Gasteiger partial charge in [-0.25, -0.2) is 0 Å². The van der Waals surface area contributed by atoms with E-state index in [2.05, 4.69) is 28.7 Å². The number of methoxy groups -OCH3 is 2. The van der Waals surface area contributed by atoms with E-state index >= 15 is 0 Å². The summed E-state index contributed by atoms with van der Waals surface area (Å²) < 4.78 is 18.2. The highest BCUT2D eigenvalue weighted by molar-refractivity contribution is 14.1. The molecule has 0 saturated carbocycles. The molecule has 0 radical (unpaired) electrons. The van der Waals surface area contributed by atoms with Crippen LogP contribution in [0.25, 0.3) is 12.2 Å². The predicted molar refractivity (Wildman–Crippen MR) is 151 cm³/mol. The molecule has 0 fully saturated rings. The molecule has 0 saturated heterocycles. The zero-order chi connectivity index (χ0) is 26.1. The first-order chi connectivity index (χ1) is 17.9. The quantitative estimate of drug-likeness (QED) is 0.164. The molecule has 0 spiro atoms. The Morgan fingerprint density at radius 3 is 2.14 bits per heavy atom. The number of phenolic OH excluding ortho intramolecular Hbond substituents is 3. The monoisotopic (exact) mass is 608 g/mol. The number of phenols is 3. The molecule has 1 aliphatic heterocycles. The summed E-state index contributed by atoms with van der Waals surface area (Å²) in [6.07, 6.45) is 3.48. The molecule has 0 amide bonds. The molecule has 2 unspecified atom stereocenters. The summed E-state index contributed by atoms with van der Waals surface area (Å²) in [6, 6.07) is 21.8. The van der Waals surface area contributed by atoms with Gasteiger partial charge in [0.2, 0.25) is 0 Å². The molecule has 0 bridgehead atoms. The van der Waals surface area contributed by atoms with Gasteiger partial charge in [0, 0.05) is 17.7 Å². The molecular weight excluding hydrogens is 583 g/mol. The Morgan fingerprint density at radius 2 is 1.46 bits per heavy atom. The van der Waals surface area contributed by atoms with Crippen LogP contribution in [0.15, 0.2) is 72.8 Å². The average Bonchev–Trinajstić information content (AvgIpc) is 3.28. The fourth-order valence-corrected chi connectivity index (χ4v) is 5.09. The van der Waals surface area contributed by atoms with Crippen molar-refractivity contribution in [2.24, 2.45) is 0 Å². The molecule has 1 heterocycles. The molecule has 1 aliphatic rings. The highest BCUT2D eigenvalue weighted by Gasteiger charge is 2.37. The molecule has 2 atom stereocenters. The smallest absolute Gasteiger partial charge is 0.135 e. The van der Waals surface area contributed by atoms with Gasteiger partial charge in [-0.3, -0.25) is 0 Å². The minimum atomic E-state index is -0.324. The van der Waals surface area contributed by atoms with Crippen LogP contribution in [-0.4, -0.2) is 29.5 Å². The van der Waals surface area contributed by atoms with Crippen molar-refractivity contribution in [3.63, 3.8) is 0 Å². The van der Waals surface area contributed by atoms with Gasteiger partial charge in [-0.05, 0) is 87.3 Å². The van der Waals surface area contributed by atoms with Gasteiger partial charge in [-0.15, -0.1) is 0 Å². The van der Waals surface area contributed by atoms with Gasteiger partial charge in [0.15, 0.2) is 0 Å². The van der Waals surface area contributed by atoms with Crippen LogP contribution in [-0.2, 0) is 0 Å². The molecule has 37 heavy (non-hydrogen) atoms. The van der Waals surface area contributed by atoms with E-state index in [-0.39, 0.29) is 29.3 Å². The Labute approximate surface area is 228 Å². The zero-order valence-electron chi connectivity index (χ0n) is 20.2. The number of hydrogen-bond acceptors (Lipinski definition) is 6. The zero-order valence-corrected chi connectivity index (χ0v) is 22.3. The first-order valence-corrected chi connectivity index (χ1v) is 12.7. The number of benzene rings is 4. The first-order valence-electron chi connectivity index (χ1n) is 11.6.